The van der Waals surface area contributed by atoms with Gasteiger partial charge < -0.3 is 9.67 Å². The summed E-state index contributed by atoms with van der Waals surface area (Å²) in [5.74, 6) is 4.49. The summed E-state index contributed by atoms with van der Waals surface area (Å²) in [7, 11) is 0. The summed E-state index contributed by atoms with van der Waals surface area (Å²) in [5, 5.41) is 9.47. The molecule has 3 nitrogen and oxygen atoms in total. The van der Waals surface area contributed by atoms with Gasteiger partial charge in [0.05, 0.1) is 0 Å². The molecule has 4 aliphatic rings. The van der Waals surface area contributed by atoms with Crippen molar-refractivity contribution < 1.29 is 5.11 Å². The van der Waals surface area contributed by atoms with Crippen molar-refractivity contribution in [2.45, 2.75) is 50.5 Å². The van der Waals surface area contributed by atoms with Crippen molar-refractivity contribution in [1.29, 1.82) is 0 Å². The van der Waals surface area contributed by atoms with E-state index in [-0.39, 0.29) is 0 Å². The van der Waals surface area contributed by atoms with Gasteiger partial charge in [-0.25, -0.2) is 4.98 Å². The van der Waals surface area contributed by atoms with Crippen LogP contribution in [0.25, 0.3) is 0 Å². The highest BCUT2D eigenvalue weighted by molar-refractivity contribution is 5.27. The molecule has 1 N–H and O–H groups in total. The van der Waals surface area contributed by atoms with Crippen LogP contribution in [0.15, 0.2) is 36.7 Å². The summed E-state index contributed by atoms with van der Waals surface area (Å²) < 4.78 is 2.36. The second kappa shape index (κ2) is 4.86. The van der Waals surface area contributed by atoms with Crippen molar-refractivity contribution in [3.8, 4) is 5.75 Å². The van der Waals surface area contributed by atoms with Crippen molar-refractivity contribution >= 4 is 0 Å². The van der Waals surface area contributed by atoms with Gasteiger partial charge in [0.1, 0.15) is 11.6 Å². The van der Waals surface area contributed by atoms with E-state index in [0.29, 0.717) is 11.2 Å². The van der Waals surface area contributed by atoms with Gasteiger partial charge in [0.2, 0.25) is 0 Å². The Morgan fingerprint density at radius 2 is 1.61 bits per heavy atom. The third-order valence-electron chi connectivity index (χ3n) is 6.52. The summed E-state index contributed by atoms with van der Waals surface area (Å²) in [6.07, 6.45) is 12.6. The van der Waals surface area contributed by atoms with Crippen molar-refractivity contribution in [3.05, 3.63) is 48.0 Å². The monoisotopic (exact) mass is 308 g/mol. The molecule has 120 valence electrons. The van der Waals surface area contributed by atoms with Gasteiger partial charge >= 0.3 is 0 Å². The van der Waals surface area contributed by atoms with Gasteiger partial charge in [-0.05, 0) is 74.0 Å². The molecule has 0 saturated heterocycles. The smallest absolute Gasteiger partial charge is 0.115 e. The normalized spacial score (nSPS) is 34.9. The Morgan fingerprint density at radius 1 is 1.00 bits per heavy atom. The van der Waals surface area contributed by atoms with Crippen LogP contribution in [0, 0.1) is 17.8 Å². The van der Waals surface area contributed by atoms with E-state index < -0.39 is 0 Å². The predicted molar refractivity (Wildman–Crippen MR) is 89.3 cm³/mol. The van der Waals surface area contributed by atoms with Crippen molar-refractivity contribution in [2.24, 2.45) is 17.8 Å². The van der Waals surface area contributed by atoms with Gasteiger partial charge in [0.15, 0.2) is 0 Å². The largest absolute Gasteiger partial charge is 0.508 e. The van der Waals surface area contributed by atoms with E-state index in [9.17, 15) is 5.11 Å². The highest BCUT2D eigenvalue weighted by Crippen LogP contribution is 2.60. The number of aromatic hydroxyl groups is 1. The van der Waals surface area contributed by atoms with Crippen molar-refractivity contribution in [2.75, 3.05) is 0 Å². The minimum absolute atomic E-state index is 0.334. The first kappa shape index (κ1) is 13.6. The molecule has 23 heavy (non-hydrogen) atoms. The van der Waals surface area contributed by atoms with Crippen LogP contribution in [0.5, 0.6) is 5.75 Å². The minimum atomic E-state index is 0.334. The van der Waals surface area contributed by atoms with Gasteiger partial charge in [0.25, 0.3) is 0 Å². The topological polar surface area (TPSA) is 38.0 Å². The number of hydrogen-bond acceptors (Lipinski definition) is 2. The van der Waals surface area contributed by atoms with E-state index in [1.807, 2.05) is 18.3 Å². The Kier molecular flexibility index (Phi) is 2.88. The molecule has 0 amide bonds. The summed E-state index contributed by atoms with van der Waals surface area (Å²) >= 11 is 0. The quantitative estimate of drug-likeness (QED) is 0.927. The fourth-order valence-corrected chi connectivity index (χ4v) is 6.08. The summed E-state index contributed by atoms with van der Waals surface area (Å²) in [4.78, 5) is 4.83. The van der Waals surface area contributed by atoms with Crippen LogP contribution in [-0.4, -0.2) is 14.7 Å². The molecule has 0 aliphatic heterocycles. The van der Waals surface area contributed by atoms with E-state index in [1.165, 1.54) is 49.9 Å². The highest BCUT2D eigenvalue weighted by Gasteiger charge is 2.53. The molecule has 0 atom stereocenters. The lowest BCUT2D eigenvalue weighted by Gasteiger charge is -2.56. The Balaban J connectivity index is 1.48. The maximum atomic E-state index is 9.47. The molecule has 1 aromatic heterocycles. The Hall–Kier alpha value is -1.77. The number of rotatable bonds is 3. The van der Waals surface area contributed by atoms with Crippen LogP contribution >= 0.6 is 0 Å². The van der Waals surface area contributed by atoms with Crippen molar-refractivity contribution in [1.82, 2.24) is 9.55 Å². The number of imidazole rings is 1. The fourth-order valence-electron chi connectivity index (χ4n) is 6.08. The van der Waals surface area contributed by atoms with E-state index in [0.717, 1.165) is 24.3 Å². The number of phenolic OH excluding ortho intramolecular Hbond substituents is 1. The first-order chi connectivity index (χ1) is 11.2. The molecule has 4 fully saturated rings. The number of aromatic nitrogens is 2. The Bertz CT molecular complexity index is 680. The highest BCUT2D eigenvalue weighted by atomic mass is 16.3. The predicted octanol–water partition coefficient (Wildman–Crippen LogP) is 4.10. The number of hydrogen-bond donors (Lipinski definition) is 1. The first-order valence-corrected chi connectivity index (χ1v) is 9.00. The second-order valence-electron chi connectivity index (χ2n) is 8.24. The van der Waals surface area contributed by atoms with Crippen LogP contribution in [0.1, 0.15) is 49.9 Å². The van der Waals surface area contributed by atoms with Gasteiger partial charge in [0, 0.05) is 24.4 Å². The average molecular weight is 308 g/mol. The lowest BCUT2D eigenvalue weighted by atomic mass is 9.49. The van der Waals surface area contributed by atoms with Crippen LogP contribution in [0.2, 0.25) is 0 Å². The molecule has 4 saturated carbocycles. The van der Waals surface area contributed by atoms with E-state index >= 15 is 0 Å². The summed E-state index contributed by atoms with van der Waals surface area (Å²) in [5.41, 5.74) is 1.57. The maximum Gasteiger partial charge on any atom is 0.115 e. The third kappa shape index (κ3) is 2.20. The molecule has 3 heteroatoms. The van der Waals surface area contributed by atoms with Crippen LogP contribution in [0.3, 0.4) is 0 Å². The first-order valence-electron chi connectivity index (χ1n) is 9.00. The Labute approximate surface area is 137 Å². The molecular formula is C20H24N2O. The molecule has 2 aromatic rings. The lowest BCUT2D eigenvalue weighted by molar-refractivity contribution is -0.0108. The zero-order valence-corrected chi connectivity index (χ0v) is 13.5. The molecule has 4 aliphatic carbocycles. The molecule has 1 aromatic carbocycles. The maximum absolute atomic E-state index is 9.47. The fraction of sp³-hybridized carbons (Fsp3) is 0.550. The van der Waals surface area contributed by atoms with Crippen LogP contribution < -0.4 is 0 Å². The average Bonchev–Trinajstić information content (AvgIpc) is 2.97. The number of nitrogens with zero attached hydrogens (tertiary/aromatic N) is 2. The van der Waals surface area contributed by atoms with Crippen LogP contribution in [-0.2, 0) is 12.0 Å². The van der Waals surface area contributed by atoms with E-state index in [4.69, 9.17) is 4.98 Å². The molecular weight excluding hydrogens is 284 g/mol. The van der Waals surface area contributed by atoms with Gasteiger partial charge in [-0.2, -0.15) is 0 Å². The molecule has 1 heterocycles. The Morgan fingerprint density at radius 3 is 2.22 bits per heavy atom. The SMILES string of the molecule is Oc1ccc(Cn2ccnc2C23CC4CC(CC(C4)C2)C3)cc1. The van der Waals surface area contributed by atoms with Gasteiger partial charge in [-0.1, -0.05) is 12.1 Å². The van der Waals surface area contributed by atoms with Gasteiger partial charge in [-0.15, -0.1) is 0 Å². The number of phenols is 1. The van der Waals surface area contributed by atoms with Gasteiger partial charge in [-0.3, -0.25) is 0 Å². The lowest BCUT2D eigenvalue weighted by Crippen LogP contribution is -2.49. The second-order valence-corrected chi connectivity index (χ2v) is 8.24. The van der Waals surface area contributed by atoms with Crippen molar-refractivity contribution in [3.63, 3.8) is 0 Å². The third-order valence-corrected chi connectivity index (χ3v) is 6.52. The van der Waals surface area contributed by atoms with Crippen LogP contribution in [0.4, 0.5) is 0 Å². The molecule has 0 radical (unpaired) electrons. The summed E-state index contributed by atoms with van der Waals surface area (Å²) in [6.45, 7) is 0.858. The molecule has 0 spiro atoms. The minimum Gasteiger partial charge on any atom is -0.508 e. The summed E-state index contributed by atoms with van der Waals surface area (Å²) in [6, 6.07) is 7.57. The molecule has 4 bridgehead atoms. The van der Waals surface area contributed by atoms with E-state index in [2.05, 4.69) is 10.8 Å². The zero-order valence-electron chi connectivity index (χ0n) is 13.5. The van der Waals surface area contributed by atoms with E-state index in [1.54, 1.807) is 12.1 Å². The number of benzene rings is 1. The zero-order chi connectivity index (χ0) is 15.4. The molecule has 6 rings (SSSR count). The molecule has 0 unspecified atom stereocenters. The standard InChI is InChI=1S/C20H24N2O/c23-18-3-1-14(2-4-18)13-22-6-5-21-19(22)20-10-15-7-16(11-20)9-17(8-15)12-20/h1-6,15-17,23H,7-13H2.